The molecule has 138 valence electrons. The minimum absolute atomic E-state index is 0.0830. The summed E-state index contributed by atoms with van der Waals surface area (Å²) < 4.78 is 30.9. The fourth-order valence-electron chi connectivity index (χ4n) is 3.75. The third-order valence-electron chi connectivity index (χ3n) is 5.06. The third-order valence-corrected chi connectivity index (χ3v) is 6.79. The number of carbonyl (C=O) groups is 1. The molecular formula is C19H22N2O4S. The second-order valence-electron chi connectivity index (χ2n) is 6.99. The van der Waals surface area contributed by atoms with E-state index < -0.39 is 21.9 Å². The maximum absolute atomic E-state index is 12.7. The summed E-state index contributed by atoms with van der Waals surface area (Å²) >= 11 is 0. The number of carbonyl (C=O) groups excluding carboxylic acids is 1. The van der Waals surface area contributed by atoms with E-state index >= 15 is 0 Å². The first-order valence-electron chi connectivity index (χ1n) is 9.10. The standard InChI is InChI=1S/C19H22N2O4S/c22-19(25-15-10-12-26(23,24)13-15)17-16-9-5-2-6-11-21(16)18(20-17)14-7-3-1-4-8-14/h1,3-4,7-8,15H,2,5-6,9-13H2/t15-/m0/s1. The molecule has 0 unspecified atom stereocenters. The van der Waals surface area contributed by atoms with Crippen molar-refractivity contribution in [2.45, 2.75) is 44.8 Å². The Morgan fingerprint density at radius 3 is 2.69 bits per heavy atom. The Morgan fingerprint density at radius 1 is 1.15 bits per heavy atom. The number of imidazole rings is 1. The molecule has 0 bridgehead atoms. The molecule has 1 saturated heterocycles. The molecule has 0 saturated carbocycles. The van der Waals surface area contributed by atoms with E-state index in [1.807, 2.05) is 30.3 Å². The number of ether oxygens (including phenoxy) is 1. The molecule has 1 aromatic heterocycles. The Labute approximate surface area is 153 Å². The van der Waals surface area contributed by atoms with E-state index in [0.717, 1.165) is 49.3 Å². The van der Waals surface area contributed by atoms with Gasteiger partial charge in [0.1, 0.15) is 11.9 Å². The van der Waals surface area contributed by atoms with E-state index in [2.05, 4.69) is 9.55 Å². The summed E-state index contributed by atoms with van der Waals surface area (Å²) in [6.07, 6.45) is 3.78. The molecule has 26 heavy (non-hydrogen) atoms. The van der Waals surface area contributed by atoms with E-state index in [9.17, 15) is 13.2 Å². The molecule has 0 aliphatic carbocycles. The zero-order valence-electron chi connectivity index (χ0n) is 14.6. The summed E-state index contributed by atoms with van der Waals surface area (Å²) in [5.74, 6) is 0.287. The van der Waals surface area contributed by atoms with Gasteiger partial charge in [0.05, 0.1) is 17.2 Å². The van der Waals surface area contributed by atoms with E-state index in [0.29, 0.717) is 12.1 Å². The van der Waals surface area contributed by atoms with Gasteiger partial charge in [0.2, 0.25) is 0 Å². The smallest absolute Gasteiger partial charge is 0.359 e. The zero-order chi connectivity index (χ0) is 18.1. The van der Waals surface area contributed by atoms with Crippen LogP contribution in [0.25, 0.3) is 11.4 Å². The van der Waals surface area contributed by atoms with Crippen LogP contribution >= 0.6 is 0 Å². The maximum Gasteiger partial charge on any atom is 0.359 e. The van der Waals surface area contributed by atoms with E-state index in [-0.39, 0.29) is 11.5 Å². The van der Waals surface area contributed by atoms with Crippen molar-refractivity contribution < 1.29 is 17.9 Å². The van der Waals surface area contributed by atoms with Crippen molar-refractivity contribution in [3.63, 3.8) is 0 Å². The molecule has 2 aliphatic heterocycles. The Bertz CT molecular complexity index is 919. The molecule has 6 nitrogen and oxygen atoms in total. The molecule has 0 radical (unpaired) electrons. The molecule has 4 rings (SSSR count). The lowest BCUT2D eigenvalue weighted by Crippen LogP contribution is -2.20. The van der Waals surface area contributed by atoms with Gasteiger partial charge in [-0.25, -0.2) is 18.2 Å². The number of benzene rings is 1. The second kappa shape index (κ2) is 6.87. The van der Waals surface area contributed by atoms with Crippen molar-refractivity contribution in [2.75, 3.05) is 11.5 Å². The number of hydrogen-bond donors (Lipinski definition) is 0. The van der Waals surface area contributed by atoms with Crippen LogP contribution in [0.4, 0.5) is 0 Å². The van der Waals surface area contributed by atoms with Gasteiger partial charge in [-0.15, -0.1) is 0 Å². The lowest BCUT2D eigenvalue weighted by atomic mass is 10.1. The normalized spacial score (nSPS) is 21.8. The summed E-state index contributed by atoms with van der Waals surface area (Å²) in [4.78, 5) is 17.4. The lowest BCUT2D eigenvalue weighted by Gasteiger charge is -2.10. The molecule has 1 atom stereocenters. The summed E-state index contributed by atoms with van der Waals surface area (Å²) in [7, 11) is -3.09. The summed E-state index contributed by atoms with van der Waals surface area (Å²) in [6.45, 7) is 0.831. The minimum Gasteiger partial charge on any atom is -0.456 e. The molecule has 1 aromatic carbocycles. The van der Waals surface area contributed by atoms with Crippen molar-refractivity contribution in [2.24, 2.45) is 0 Å². The predicted octanol–water partition coefficient (Wildman–Crippen LogP) is 2.62. The molecule has 0 amide bonds. The number of aromatic nitrogens is 2. The van der Waals surface area contributed by atoms with Gasteiger partial charge in [-0.05, 0) is 25.7 Å². The maximum atomic E-state index is 12.7. The SMILES string of the molecule is O=C(O[C@H]1CCS(=O)(=O)C1)c1nc(-c2ccccc2)n2c1CCCCC2. The van der Waals surface area contributed by atoms with Gasteiger partial charge in [-0.2, -0.15) is 0 Å². The Kier molecular flexibility index (Phi) is 4.56. The monoisotopic (exact) mass is 374 g/mol. The number of nitrogens with zero attached hydrogens (tertiary/aromatic N) is 2. The molecule has 7 heteroatoms. The zero-order valence-corrected chi connectivity index (χ0v) is 15.4. The van der Waals surface area contributed by atoms with Gasteiger partial charge in [0.15, 0.2) is 15.5 Å². The van der Waals surface area contributed by atoms with Gasteiger partial charge in [0.25, 0.3) is 0 Å². The second-order valence-corrected chi connectivity index (χ2v) is 9.22. The molecule has 3 heterocycles. The van der Waals surface area contributed by atoms with Gasteiger partial charge in [-0.1, -0.05) is 36.8 Å². The molecule has 1 fully saturated rings. The molecule has 2 aliphatic rings. The number of hydrogen-bond acceptors (Lipinski definition) is 5. The average molecular weight is 374 g/mol. The van der Waals surface area contributed by atoms with Crippen LogP contribution in [0.2, 0.25) is 0 Å². The lowest BCUT2D eigenvalue weighted by molar-refractivity contribution is 0.0348. The molecule has 2 aromatic rings. The van der Waals surface area contributed by atoms with E-state index in [1.165, 1.54) is 0 Å². The topological polar surface area (TPSA) is 78.3 Å². The third kappa shape index (κ3) is 3.40. The van der Waals surface area contributed by atoms with Crippen LogP contribution in [-0.4, -0.2) is 41.5 Å². The molecule has 0 spiro atoms. The Morgan fingerprint density at radius 2 is 1.96 bits per heavy atom. The van der Waals surface area contributed by atoms with E-state index in [1.54, 1.807) is 0 Å². The van der Waals surface area contributed by atoms with Gasteiger partial charge >= 0.3 is 5.97 Å². The van der Waals surface area contributed by atoms with Crippen LogP contribution < -0.4 is 0 Å². The number of rotatable bonds is 3. The molecule has 0 N–H and O–H groups in total. The highest BCUT2D eigenvalue weighted by atomic mass is 32.2. The summed E-state index contributed by atoms with van der Waals surface area (Å²) in [5, 5.41) is 0. The quantitative estimate of drug-likeness (QED) is 0.772. The summed E-state index contributed by atoms with van der Waals surface area (Å²) in [6, 6.07) is 9.83. The van der Waals surface area contributed by atoms with Crippen molar-refractivity contribution in [3.05, 3.63) is 41.7 Å². The minimum atomic E-state index is -3.09. The highest BCUT2D eigenvalue weighted by molar-refractivity contribution is 7.91. The van der Waals surface area contributed by atoms with Crippen molar-refractivity contribution in [3.8, 4) is 11.4 Å². The highest BCUT2D eigenvalue weighted by Gasteiger charge is 2.33. The van der Waals surface area contributed by atoms with Crippen LogP contribution in [0.15, 0.2) is 30.3 Å². The predicted molar refractivity (Wildman–Crippen MR) is 97.7 cm³/mol. The first-order chi connectivity index (χ1) is 12.5. The van der Waals surface area contributed by atoms with Gasteiger partial charge < -0.3 is 9.30 Å². The average Bonchev–Trinajstić information content (AvgIpc) is 3.05. The molecular weight excluding hydrogens is 352 g/mol. The Hall–Kier alpha value is -2.15. The summed E-state index contributed by atoms with van der Waals surface area (Å²) in [5.41, 5.74) is 2.22. The fraction of sp³-hybridized carbons (Fsp3) is 0.474. The van der Waals surface area contributed by atoms with Crippen LogP contribution in [0, 0.1) is 0 Å². The number of sulfone groups is 1. The highest BCUT2D eigenvalue weighted by Crippen LogP contribution is 2.28. The van der Waals surface area contributed by atoms with Crippen LogP contribution in [0.5, 0.6) is 0 Å². The van der Waals surface area contributed by atoms with Crippen LogP contribution in [0.3, 0.4) is 0 Å². The van der Waals surface area contributed by atoms with Crippen LogP contribution in [-0.2, 0) is 27.5 Å². The van der Waals surface area contributed by atoms with Crippen molar-refractivity contribution >= 4 is 15.8 Å². The van der Waals surface area contributed by atoms with Crippen molar-refractivity contribution in [1.82, 2.24) is 9.55 Å². The number of esters is 1. The largest absolute Gasteiger partial charge is 0.456 e. The Balaban J connectivity index is 1.67. The fourth-order valence-corrected chi connectivity index (χ4v) is 5.34. The first kappa shape index (κ1) is 17.3. The number of fused-ring (bicyclic) bond motifs is 1. The van der Waals surface area contributed by atoms with Crippen molar-refractivity contribution in [1.29, 1.82) is 0 Å². The van der Waals surface area contributed by atoms with Gasteiger partial charge in [0, 0.05) is 12.1 Å². The van der Waals surface area contributed by atoms with Crippen LogP contribution in [0.1, 0.15) is 41.9 Å². The van der Waals surface area contributed by atoms with Gasteiger partial charge in [-0.3, -0.25) is 0 Å². The first-order valence-corrected chi connectivity index (χ1v) is 10.9. The van der Waals surface area contributed by atoms with E-state index in [4.69, 9.17) is 4.74 Å².